The van der Waals surface area contributed by atoms with Gasteiger partial charge in [-0.05, 0) is 56.9 Å². The molecule has 0 radical (unpaired) electrons. The number of aliphatic hydroxyl groups excluding tert-OH is 1. The van der Waals surface area contributed by atoms with Crippen molar-refractivity contribution in [1.82, 2.24) is 10.6 Å². The molecule has 1 aliphatic rings. The Morgan fingerprint density at radius 2 is 1.77 bits per heavy atom. The van der Waals surface area contributed by atoms with Crippen molar-refractivity contribution < 1.29 is 14.7 Å². The topological polar surface area (TPSA) is 78.4 Å². The van der Waals surface area contributed by atoms with Crippen LogP contribution in [-0.2, 0) is 4.79 Å². The van der Waals surface area contributed by atoms with Gasteiger partial charge in [0.2, 0.25) is 5.91 Å². The lowest BCUT2D eigenvalue weighted by atomic mass is 9.93. The Bertz CT molecular complexity index is 525. The van der Waals surface area contributed by atoms with Gasteiger partial charge in [-0.1, -0.05) is 11.6 Å². The zero-order valence-electron chi connectivity index (χ0n) is 12.5. The van der Waals surface area contributed by atoms with Crippen LogP contribution < -0.4 is 10.6 Å². The molecule has 1 aliphatic carbocycles. The molecule has 2 amide bonds. The summed E-state index contributed by atoms with van der Waals surface area (Å²) in [6.07, 6.45) is 2.69. The Kier molecular flexibility index (Phi) is 5.80. The van der Waals surface area contributed by atoms with Crippen LogP contribution in [0.1, 0.15) is 43.0 Å². The van der Waals surface area contributed by atoms with Gasteiger partial charge in [0, 0.05) is 16.6 Å². The van der Waals surface area contributed by atoms with E-state index in [9.17, 15) is 14.7 Å². The third-order valence-corrected chi connectivity index (χ3v) is 4.14. The van der Waals surface area contributed by atoms with E-state index in [1.165, 1.54) is 0 Å². The number of amides is 2. The number of hydrogen-bond acceptors (Lipinski definition) is 3. The number of rotatable bonds is 4. The molecule has 5 nitrogen and oxygen atoms in total. The highest BCUT2D eigenvalue weighted by Gasteiger charge is 2.23. The van der Waals surface area contributed by atoms with Crippen LogP contribution in [0, 0.1) is 0 Å². The number of nitrogens with one attached hydrogen (secondary N) is 2. The summed E-state index contributed by atoms with van der Waals surface area (Å²) < 4.78 is 0. The van der Waals surface area contributed by atoms with E-state index in [1.807, 2.05) is 0 Å². The van der Waals surface area contributed by atoms with Crippen molar-refractivity contribution >= 4 is 23.4 Å². The second-order valence-electron chi connectivity index (χ2n) is 5.72. The highest BCUT2D eigenvalue weighted by molar-refractivity contribution is 6.30. The molecule has 0 bridgehead atoms. The molecule has 0 heterocycles. The van der Waals surface area contributed by atoms with Gasteiger partial charge in [-0.15, -0.1) is 0 Å². The molecule has 1 aromatic rings. The summed E-state index contributed by atoms with van der Waals surface area (Å²) in [5, 5.41) is 15.6. The van der Waals surface area contributed by atoms with E-state index >= 15 is 0 Å². The molecular weight excluding hydrogens is 304 g/mol. The van der Waals surface area contributed by atoms with Crippen LogP contribution in [0.15, 0.2) is 24.3 Å². The first kappa shape index (κ1) is 16.8. The summed E-state index contributed by atoms with van der Waals surface area (Å²) in [5.74, 6) is -0.512. The van der Waals surface area contributed by atoms with Gasteiger partial charge >= 0.3 is 0 Å². The summed E-state index contributed by atoms with van der Waals surface area (Å²) in [6, 6.07) is 5.96. The zero-order chi connectivity index (χ0) is 16.1. The molecule has 22 heavy (non-hydrogen) atoms. The van der Waals surface area contributed by atoms with Crippen molar-refractivity contribution in [2.75, 3.05) is 0 Å². The smallest absolute Gasteiger partial charge is 0.251 e. The van der Waals surface area contributed by atoms with Gasteiger partial charge in [0.15, 0.2) is 0 Å². The summed E-state index contributed by atoms with van der Waals surface area (Å²) in [6.45, 7) is 1.65. The summed E-state index contributed by atoms with van der Waals surface area (Å²) in [5.41, 5.74) is 0.463. The van der Waals surface area contributed by atoms with Crippen LogP contribution in [0.25, 0.3) is 0 Å². The third kappa shape index (κ3) is 4.71. The maximum absolute atomic E-state index is 12.1. The van der Waals surface area contributed by atoms with Crippen molar-refractivity contribution in [3.63, 3.8) is 0 Å². The second kappa shape index (κ2) is 7.61. The number of hydrogen-bond donors (Lipinski definition) is 3. The number of aliphatic hydroxyl groups is 1. The summed E-state index contributed by atoms with van der Waals surface area (Å²) >= 11 is 5.78. The Morgan fingerprint density at radius 1 is 1.18 bits per heavy atom. The maximum Gasteiger partial charge on any atom is 0.251 e. The molecule has 120 valence electrons. The van der Waals surface area contributed by atoms with Gasteiger partial charge in [0.05, 0.1) is 6.10 Å². The van der Waals surface area contributed by atoms with E-state index in [0.29, 0.717) is 23.4 Å². The number of carbonyl (C=O) groups excluding carboxylic acids is 2. The zero-order valence-corrected chi connectivity index (χ0v) is 13.3. The number of halogens is 1. The van der Waals surface area contributed by atoms with E-state index in [4.69, 9.17) is 11.6 Å². The fourth-order valence-electron chi connectivity index (χ4n) is 2.49. The second-order valence-corrected chi connectivity index (χ2v) is 6.15. The fraction of sp³-hybridized carbons (Fsp3) is 0.500. The van der Waals surface area contributed by atoms with Crippen LogP contribution in [0.4, 0.5) is 0 Å². The molecule has 3 N–H and O–H groups in total. The molecule has 0 aliphatic heterocycles. The van der Waals surface area contributed by atoms with E-state index < -0.39 is 6.04 Å². The average Bonchev–Trinajstić information content (AvgIpc) is 2.50. The Balaban J connectivity index is 1.83. The largest absolute Gasteiger partial charge is 0.393 e. The van der Waals surface area contributed by atoms with Gasteiger partial charge in [0.1, 0.15) is 6.04 Å². The molecule has 0 spiro atoms. The van der Waals surface area contributed by atoms with Crippen LogP contribution in [0.2, 0.25) is 5.02 Å². The van der Waals surface area contributed by atoms with Crippen LogP contribution in [0.5, 0.6) is 0 Å². The molecular formula is C16H21ClN2O3. The first-order chi connectivity index (χ1) is 10.5. The first-order valence-corrected chi connectivity index (χ1v) is 7.88. The van der Waals surface area contributed by atoms with Crippen molar-refractivity contribution in [2.45, 2.75) is 50.8 Å². The molecule has 0 aromatic heterocycles. The van der Waals surface area contributed by atoms with Crippen LogP contribution in [-0.4, -0.2) is 35.1 Å². The maximum atomic E-state index is 12.1. The molecule has 1 unspecified atom stereocenters. The Hall–Kier alpha value is -1.59. The van der Waals surface area contributed by atoms with E-state index in [1.54, 1.807) is 31.2 Å². The molecule has 6 heteroatoms. The van der Waals surface area contributed by atoms with Crippen molar-refractivity contribution in [3.8, 4) is 0 Å². The number of carbonyl (C=O) groups is 2. The average molecular weight is 325 g/mol. The van der Waals surface area contributed by atoms with Gasteiger partial charge in [-0.2, -0.15) is 0 Å². The molecule has 1 fully saturated rings. The normalized spacial score (nSPS) is 22.7. The fourth-order valence-corrected chi connectivity index (χ4v) is 2.62. The Labute approximate surface area is 135 Å². The SMILES string of the molecule is CC(NC(=O)c1ccc(Cl)cc1)C(=O)NC1CCC(O)CC1. The minimum absolute atomic E-state index is 0.0748. The van der Waals surface area contributed by atoms with E-state index in [0.717, 1.165) is 12.8 Å². The highest BCUT2D eigenvalue weighted by Crippen LogP contribution is 2.18. The summed E-state index contributed by atoms with van der Waals surface area (Å²) in [4.78, 5) is 24.1. The lowest BCUT2D eigenvalue weighted by Crippen LogP contribution is -2.49. The van der Waals surface area contributed by atoms with Crippen molar-refractivity contribution in [2.24, 2.45) is 0 Å². The van der Waals surface area contributed by atoms with Crippen LogP contribution in [0.3, 0.4) is 0 Å². The molecule has 1 saturated carbocycles. The van der Waals surface area contributed by atoms with Gasteiger partial charge < -0.3 is 15.7 Å². The van der Waals surface area contributed by atoms with Gasteiger partial charge in [-0.3, -0.25) is 9.59 Å². The molecule has 2 rings (SSSR count). The molecule has 1 atom stereocenters. The quantitative estimate of drug-likeness (QED) is 0.791. The minimum atomic E-state index is -0.616. The highest BCUT2D eigenvalue weighted by atomic mass is 35.5. The number of benzene rings is 1. The molecule has 1 aromatic carbocycles. The monoisotopic (exact) mass is 324 g/mol. The standard InChI is InChI=1S/C16H21ClN2O3/c1-10(15(21)19-13-6-8-14(20)9-7-13)18-16(22)11-2-4-12(17)5-3-11/h2-5,10,13-14,20H,6-9H2,1H3,(H,18,22)(H,19,21). The lowest BCUT2D eigenvalue weighted by Gasteiger charge is -2.27. The van der Waals surface area contributed by atoms with E-state index in [-0.39, 0.29) is 24.0 Å². The summed E-state index contributed by atoms with van der Waals surface area (Å²) in [7, 11) is 0. The van der Waals surface area contributed by atoms with Gasteiger partial charge in [-0.25, -0.2) is 0 Å². The third-order valence-electron chi connectivity index (χ3n) is 3.89. The predicted octanol–water partition coefficient (Wildman–Crippen LogP) is 1.88. The predicted molar refractivity (Wildman–Crippen MR) is 84.8 cm³/mol. The van der Waals surface area contributed by atoms with Crippen molar-refractivity contribution in [1.29, 1.82) is 0 Å². The Morgan fingerprint density at radius 3 is 2.36 bits per heavy atom. The molecule has 0 saturated heterocycles. The lowest BCUT2D eigenvalue weighted by molar-refractivity contribution is -0.123. The van der Waals surface area contributed by atoms with Crippen LogP contribution >= 0.6 is 11.6 Å². The van der Waals surface area contributed by atoms with Gasteiger partial charge in [0.25, 0.3) is 5.91 Å². The van der Waals surface area contributed by atoms with E-state index in [2.05, 4.69) is 10.6 Å². The van der Waals surface area contributed by atoms with Crippen molar-refractivity contribution in [3.05, 3.63) is 34.9 Å². The minimum Gasteiger partial charge on any atom is -0.393 e. The first-order valence-electron chi connectivity index (χ1n) is 7.50.